The van der Waals surface area contributed by atoms with E-state index >= 15 is 0 Å². The minimum atomic E-state index is -0.345. The van der Waals surface area contributed by atoms with Gasteiger partial charge >= 0.3 is 0 Å². The number of nitrogens with zero attached hydrogens (tertiary/aromatic N) is 1. The molecule has 1 aromatic carbocycles. The highest BCUT2D eigenvalue weighted by molar-refractivity contribution is 5.95. The molecular formula is C25H36N2O. The van der Waals surface area contributed by atoms with Crippen LogP contribution in [0.1, 0.15) is 100 Å². The summed E-state index contributed by atoms with van der Waals surface area (Å²) in [4.78, 5) is 12.0. The van der Waals surface area contributed by atoms with Crippen molar-refractivity contribution in [3.05, 3.63) is 46.6 Å². The van der Waals surface area contributed by atoms with Gasteiger partial charge in [0.05, 0.1) is 5.56 Å². The summed E-state index contributed by atoms with van der Waals surface area (Å²) in [5.41, 5.74) is 12.9. The van der Waals surface area contributed by atoms with Crippen LogP contribution in [0.4, 0.5) is 0 Å². The van der Waals surface area contributed by atoms with Gasteiger partial charge in [-0.15, -0.1) is 0 Å². The van der Waals surface area contributed by atoms with E-state index in [9.17, 15) is 4.79 Å². The molecule has 2 N–H and O–H groups in total. The van der Waals surface area contributed by atoms with Crippen molar-refractivity contribution in [3.63, 3.8) is 0 Å². The van der Waals surface area contributed by atoms with E-state index in [1.165, 1.54) is 29.5 Å². The number of carbonyl (C=O) groups is 1. The Bertz CT molecular complexity index is 898. The number of benzene rings is 1. The van der Waals surface area contributed by atoms with Crippen LogP contribution in [0.15, 0.2) is 24.3 Å². The van der Waals surface area contributed by atoms with Gasteiger partial charge in [-0.2, -0.15) is 0 Å². The molecule has 0 saturated carbocycles. The molecule has 3 rings (SSSR count). The van der Waals surface area contributed by atoms with Crippen molar-refractivity contribution in [1.29, 1.82) is 0 Å². The zero-order valence-electron chi connectivity index (χ0n) is 18.6. The van der Waals surface area contributed by atoms with E-state index in [2.05, 4.69) is 64.3 Å². The summed E-state index contributed by atoms with van der Waals surface area (Å²) in [6.45, 7) is 15.8. The number of hydrogen-bond acceptors (Lipinski definition) is 1. The normalized spacial score (nSPS) is 17.6. The summed E-state index contributed by atoms with van der Waals surface area (Å²) >= 11 is 0. The monoisotopic (exact) mass is 380 g/mol. The van der Waals surface area contributed by atoms with Gasteiger partial charge < -0.3 is 10.3 Å². The number of carbonyl (C=O) groups excluding carboxylic acids is 1. The summed E-state index contributed by atoms with van der Waals surface area (Å²) in [7, 11) is 0. The van der Waals surface area contributed by atoms with E-state index in [1.807, 2.05) is 13.0 Å². The fourth-order valence-corrected chi connectivity index (χ4v) is 4.97. The maximum absolute atomic E-state index is 12.0. The van der Waals surface area contributed by atoms with Crippen molar-refractivity contribution in [3.8, 4) is 11.3 Å². The van der Waals surface area contributed by atoms with Crippen LogP contribution in [0, 0.1) is 6.92 Å². The summed E-state index contributed by atoms with van der Waals surface area (Å²) in [6, 6.07) is 9.28. The predicted octanol–water partition coefficient (Wildman–Crippen LogP) is 6.27. The number of primary amides is 1. The summed E-state index contributed by atoms with van der Waals surface area (Å²) in [5, 5.41) is 0. The van der Waals surface area contributed by atoms with Gasteiger partial charge in [-0.25, -0.2) is 0 Å². The maximum Gasteiger partial charge on any atom is 0.250 e. The molecule has 0 fully saturated rings. The standard InChI is InChI=1S/C25H36N2O/c1-8-18(9-2)27-16(3)19(23(26)28)15-22(27)17-10-11-20-21(14-17)25(6,7)13-12-24(20,4)5/h10-11,14-15,18H,8-9,12-13H2,1-7H3,(H2,26,28). The van der Waals surface area contributed by atoms with Crippen molar-refractivity contribution in [2.24, 2.45) is 5.73 Å². The molecular weight excluding hydrogens is 344 g/mol. The molecule has 0 atom stereocenters. The Morgan fingerprint density at radius 3 is 2.14 bits per heavy atom. The van der Waals surface area contributed by atoms with Crippen LogP contribution < -0.4 is 5.73 Å². The average Bonchev–Trinajstić information content (AvgIpc) is 2.98. The quantitative estimate of drug-likeness (QED) is 0.652. The fourth-order valence-electron chi connectivity index (χ4n) is 4.97. The zero-order chi connectivity index (χ0) is 20.9. The first-order chi connectivity index (χ1) is 13.0. The van der Waals surface area contributed by atoms with Gasteiger partial charge in [0.1, 0.15) is 0 Å². The SMILES string of the molecule is CCC(CC)n1c(-c2ccc3c(c2)C(C)(C)CCC3(C)C)cc(C(N)=O)c1C. The number of amides is 1. The molecule has 1 aliphatic carbocycles. The number of rotatable bonds is 5. The highest BCUT2D eigenvalue weighted by Crippen LogP contribution is 2.47. The number of aromatic nitrogens is 1. The molecule has 2 aromatic rings. The Labute approximate surface area is 170 Å². The van der Waals surface area contributed by atoms with Crippen LogP contribution >= 0.6 is 0 Å². The van der Waals surface area contributed by atoms with E-state index in [-0.39, 0.29) is 16.7 Å². The molecule has 0 saturated heterocycles. The maximum atomic E-state index is 12.0. The highest BCUT2D eigenvalue weighted by atomic mass is 16.1. The first kappa shape index (κ1) is 20.7. The van der Waals surface area contributed by atoms with Gasteiger partial charge in [-0.1, -0.05) is 53.7 Å². The Hall–Kier alpha value is -2.03. The first-order valence-corrected chi connectivity index (χ1v) is 10.7. The van der Waals surface area contributed by atoms with Gasteiger partial charge in [-0.05, 0) is 72.3 Å². The van der Waals surface area contributed by atoms with Crippen molar-refractivity contribution in [2.75, 3.05) is 0 Å². The van der Waals surface area contributed by atoms with Crippen LogP contribution in [0.5, 0.6) is 0 Å². The van der Waals surface area contributed by atoms with Crippen molar-refractivity contribution in [2.45, 2.75) is 91.0 Å². The number of fused-ring (bicyclic) bond motifs is 1. The predicted molar refractivity (Wildman–Crippen MR) is 118 cm³/mol. The lowest BCUT2D eigenvalue weighted by molar-refractivity contribution is 0.0999. The molecule has 0 spiro atoms. The third-order valence-corrected chi connectivity index (χ3v) is 7.01. The Morgan fingerprint density at radius 2 is 1.61 bits per heavy atom. The molecule has 1 aliphatic rings. The average molecular weight is 381 g/mol. The zero-order valence-corrected chi connectivity index (χ0v) is 18.6. The molecule has 3 heteroatoms. The van der Waals surface area contributed by atoms with Crippen molar-refractivity contribution in [1.82, 2.24) is 4.57 Å². The van der Waals surface area contributed by atoms with E-state index in [0.29, 0.717) is 11.6 Å². The van der Waals surface area contributed by atoms with Crippen molar-refractivity contribution < 1.29 is 4.79 Å². The number of hydrogen-bond donors (Lipinski definition) is 1. The van der Waals surface area contributed by atoms with Crippen LogP contribution in [-0.4, -0.2) is 10.5 Å². The molecule has 0 bridgehead atoms. The van der Waals surface area contributed by atoms with Gasteiger partial charge in [0.15, 0.2) is 0 Å². The van der Waals surface area contributed by atoms with Crippen LogP contribution in [-0.2, 0) is 10.8 Å². The molecule has 152 valence electrons. The van der Waals surface area contributed by atoms with E-state index < -0.39 is 0 Å². The van der Waals surface area contributed by atoms with Gasteiger partial charge in [0.25, 0.3) is 5.91 Å². The molecule has 1 amide bonds. The number of nitrogens with two attached hydrogens (primary N) is 1. The lowest BCUT2D eigenvalue weighted by Crippen LogP contribution is -2.33. The Kier molecular flexibility index (Phi) is 5.24. The first-order valence-electron chi connectivity index (χ1n) is 10.7. The van der Waals surface area contributed by atoms with Gasteiger partial charge in [0.2, 0.25) is 0 Å². The smallest absolute Gasteiger partial charge is 0.250 e. The lowest BCUT2D eigenvalue weighted by atomic mass is 9.63. The summed E-state index contributed by atoms with van der Waals surface area (Å²) < 4.78 is 2.34. The fraction of sp³-hybridized carbons (Fsp3) is 0.560. The van der Waals surface area contributed by atoms with E-state index in [0.717, 1.165) is 24.2 Å². The van der Waals surface area contributed by atoms with Gasteiger partial charge in [-0.3, -0.25) is 4.79 Å². The third-order valence-electron chi connectivity index (χ3n) is 7.01. The Balaban J connectivity index is 2.25. The highest BCUT2D eigenvalue weighted by Gasteiger charge is 2.37. The second kappa shape index (κ2) is 7.09. The summed E-state index contributed by atoms with van der Waals surface area (Å²) in [6.07, 6.45) is 4.46. The van der Waals surface area contributed by atoms with Gasteiger partial charge in [0, 0.05) is 17.4 Å². The van der Waals surface area contributed by atoms with Crippen LogP contribution in [0.3, 0.4) is 0 Å². The molecule has 3 nitrogen and oxygen atoms in total. The van der Waals surface area contributed by atoms with Crippen molar-refractivity contribution >= 4 is 5.91 Å². The molecule has 28 heavy (non-hydrogen) atoms. The topological polar surface area (TPSA) is 48.0 Å². The lowest BCUT2D eigenvalue weighted by Gasteiger charge is -2.42. The Morgan fingerprint density at radius 1 is 1.04 bits per heavy atom. The van der Waals surface area contributed by atoms with E-state index in [1.54, 1.807) is 0 Å². The third kappa shape index (κ3) is 3.29. The molecule has 1 aromatic heterocycles. The van der Waals surface area contributed by atoms with Crippen LogP contribution in [0.2, 0.25) is 0 Å². The summed E-state index contributed by atoms with van der Waals surface area (Å²) in [5.74, 6) is -0.345. The van der Waals surface area contributed by atoms with E-state index in [4.69, 9.17) is 5.73 Å². The molecule has 0 radical (unpaired) electrons. The molecule has 0 unspecified atom stereocenters. The second-order valence-corrected chi connectivity index (χ2v) is 9.76. The minimum Gasteiger partial charge on any atom is -0.366 e. The second-order valence-electron chi connectivity index (χ2n) is 9.76. The molecule has 0 aliphatic heterocycles. The molecule has 1 heterocycles. The largest absolute Gasteiger partial charge is 0.366 e. The minimum absolute atomic E-state index is 0.161. The van der Waals surface area contributed by atoms with Crippen LogP contribution in [0.25, 0.3) is 11.3 Å².